The summed E-state index contributed by atoms with van der Waals surface area (Å²) in [5, 5.41) is 3.70. The average molecular weight is 377 g/mol. The summed E-state index contributed by atoms with van der Waals surface area (Å²) < 4.78 is 1.90. The highest BCUT2D eigenvalue weighted by Crippen LogP contribution is 2.21. The van der Waals surface area contributed by atoms with E-state index >= 15 is 0 Å². The molecule has 0 atom stereocenters. The summed E-state index contributed by atoms with van der Waals surface area (Å²) in [6.07, 6.45) is 3.43. The minimum Gasteiger partial charge on any atom is -0.379 e. The van der Waals surface area contributed by atoms with Crippen LogP contribution in [0.2, 0.25) is 5.15 Å². The van der Waals surface area contributed by atoms with Crippen LogP contribution in [0.3, 0.4) is 0 Å². The lowest BCUT2D eigenvalue weighted by Crippen LogP contribution is -2.02. The van der Waals surface area contributed by atoms with Gasteiger partial charge in [0, 0.05) is 27.0 Å². The van der Waals surface area contributed by atoms with Gasteiger partial charge < -0.3 is 5.32 Å². The van der Waals surface area contributed by atoms with E-state index in [0.29, 0.717) is 11.7 Å². The minimum atomic E-state index is 0.470. The van der Waals surface area contributed by atoms with Gasteiger partial charge in [-0.05, 0) is 50.1 Å². The molecule has 0 aliphatic carbocycles. The van der Waals surface area contributed by atoms with Crippen molar-refractivity contribution in [2.45, 2.75) is 6.54 Å². The number of hydrogen-bond acceptors (Lipinski definition) is 3. The van der Waals surface area contributed by atoms with Gasteiger partial charge in [-0.2, -0.15) is 0 Å². The lowest BCUT2D eigenvalue weighted by molar-refractivity contribution is 1.03. The third kappa shape index (κ3) is 3.66. The topological polar surface area (TPSA) is 37.8 Å². The first-order valence-corrected chi connectivity index (χ1v) is 6.77. The first-order valence-electron chi connectivity index (χ1n) is 4.80. The Morgan fingerprint density at radius 1 is 1.24 bits per heavy atom. The second-order valence-electron chi connectivity index (χ2n) is 3.30. The Balaban J connectivity index is 2.07. The van der Waals surface area contributed by atoms with Crippen LogP contribution in [0.15, 0.2) is 39.5 Å². The van der Waals surface area contributed by atoms with Crippen molar-refractivity contribution in [1.29, 1.82) is 0 Å². The molecule has 1 N–H and O–H groups in total. The molecule has 0 aromatic carbocycles. The summed E-state index contributed by atoms with van der Waals surface area (Å²) in [4.78, 5) is 8.23. The van der Waals surface area contributed by atoms with Gasteiger partial charge in [-0.25, -0.2) is 4.98 Å². The Morgan fingerprint density at radius 2 is 2.06 bits per heavy atom. The Hall–Kier alpha value is -0.650. The number of nitrogens with one attached hydrogen (secondary N) is 1. The fourth-order valence-corrected chi connectivity index (χ4v) is 2.57. The van der Waals surface area contributed by atoms with Gasteiger partial charge in [0.25, 0.3) is 0 Å². The third-order valence-corrected chi connectivity index (χ3v) is 3.40. The van der Waals surface area contributed by atoms with E-state index in [1.165, 1.54) is 0 Å². The minimum absolute atomic E-state index is 0.470. The standard InChI is InChI=1S/C11H8Br2ClN3/c12-7-3-9(13)10(17-5-7)6-16-8-1-2-15-11(14)4-8/h1-5H,6H2,(H,15,16). The molecule has 0 spiro atoms. The maximum absolute atomic E-state index is 5.80. The van der Waals surface area contributed by atoms with Crippen molar-refractivity contribution in [3.05, 3.63) is 50.4 Å². The fourth-order valence-electron chi connectivity index (χ4n) is 1.27. The summed E-state index contributed by atoms with van der Waals surface area (Å²) in [5.74, 6) is 0. The SMILES string of the molecule is Clc1cc(NCc2ncc(Br)cc2Br)ccn1. The van der Waals surface area contributed by atoms with Gasteiger partial charge in [0.05, 0.1) is 12.2 Å². The second kappa shape index (κ2) is 5.80. The Bertz CT molecular complexity index is 534. The molecule has 0 unspecified atom stereocenters. The lowest BCUT2D eigenvalue weighted by atomic mass is 10.3. The summed E-state index contributed by atoms with van der Waals surface area (Å²) in [6, 6.07) is 5.59. The normalized spacial score (nSPS) is 10.3. The van der Waals surface area contributed by atoms with Crippen LogP contribution < -0.4 is 5.32 Å². The van der Waals surface area contributed by atoms with Gasteiger partial charge >= 0.3 is 0 Å². The number of nitrogens with zero attached hydrogens (tertiary/aromatic N) is 2. The third-order valence-electron chi connectivity index (χ3n) is 2.07. The Morgan fingerprint density at radius 3 is 2.76 bits per heavy atom. The van der Waals surface area contributed by atoms with Gasteiger partial charge in [0.2, 0.25) is 0 Å². The molecule has 2 rings (SSSR count). The monoisotopic (exact) mass is 375 g/mol. The average Bonchev–Trinajstić information content (AvgIpc) is 2.28. The molecule has 0 aliphatic heterocycles. The van der Waals surface area contributed by atoms with Gasteiger partial charge in [-0.1, -0.05) is 11.6 Å². The molecular formula is C11H8Br2ClN3. The largest absolute Gasteiger partial charge is 0.379 e. The first-order chi connectivity index (χ1) is 8.15. The number of halogens is 3. The highest BCUT2D eigenvalue weighted by molar-refractivity contribution is 9.11. The zero-order valence-electron chi connectivity index (χ0n) is 8.62. The van der Waals surface area contributed by atoms with E-state index in [2.05, 4.69) is 47.1 Å². The molecular weight excluding hydrogens is 369 g/mol. The van der Waals surface area contributed by atoms with Crippen molar-refractivity contribution < 1.29 is 0 Å². The highest BCUT2D eigenvalue weighted by atomic mass is 79.9. The maximum atomic E-state index is 5.80. The van der Waals surface area contributed by atoms with Crippen LogP contribution in [0, 0.1) is 0 Å². The predicted octanol–water partition coefficient (Wildman–Crippen LogP) is 4.27. The molecule has 0 bridgehead atoms. The molecule has 0 fully saturated rings. The van der Waals surface area contributed by atoms with E-state index in [1.54, 1.807) is 18.5 Å². The van der Waals surface area contributed by atoms with E-state index in [-0.39, 0.29) is 0 Å². The van der Waals surface area contributed by atoms with Crippen LogP contribution in [-0.2, 0) is 6.54 Å². The highest BCUT2D eigenvalue weighted by Gasteiger charge is 2.02. The van der Waals surface area contributed by atoms with Crippen LogP contribution in [0.25, 0.3) is 0 Å². The number of hydrogen-bond donors (Lipinski definition) is 1. The van der Waals surface area contributed by atoms with E-state index in [9.17, 15) is 0 Å². The smallest absolute Gasteiger partial charge is 0.131 e. The Kier molecular flexibility index (Phi) is 4.36. The van der Waals surface area contributed by atoms with Gasteiger partial charge in [-0.3, -0.25) is 4.98 Å². The molecule has 88 valence electrons. The van der Waals surface area contributed by atoms with Crippen molar-refractivity contribution in [2.75, 3.05) is 5.32 Å². The van der Waals surface area contributed by atoms with Gasteiger partial charge in [0.15, 0.2) is 0 Å². The first kappa shape index (κ1) is 12.8. The van der Waals surface area contributed by atoms with Crippen molar-refractivity contribution in [2.24, 2.45) is 0 Å². The predicted molar refractivity (Wildman–Crippen MR) is 76.2 cm³/mol. The molecule has 2 aromatic rings. The molecule has 0 amide bonds. The summed E-state index contributed by atoms with van der Waals surface area (Å²) in [7, 11) is 0. The maximum Gasteiger partial charge on any atom is 0.131 e. The molecule has 2 heterocycles. The Labute approximate surface area is 121 Å². The lowest BCUT2D eigenvalue weighted by Gasteiger charge is -2.07. The van der Waals surface area contributed by atoms with Gasteiger partial charge in [-0.15, -0.1) is 0 Å². The molecule has 3 nitrogen and oxygen atoms in total. The molecule has 0 saturated carbocycles. The van der Waals surface area contributed by atoms with E-state index in [4.69, 9.17) is 11.6 Å². The zero-order chi connectivity index (χ0) is 12.3. The zero-order valence-corrected chi connectivity index (χ0v) is 12.6. The molecule has 17 heavy (non-hydrogen) atoms. The number of rotatable bonds is 3. The molecule has 2 aromatic heterocycles. The van der Waals surface area contributed by atoms with Gasteiger partial charge in [0.1, 0.15) is 5.15 Å². The van der Waals surface area contributed by atoms with Crippen LogP contribution >= 0.6 is 43.5 Å². The van der Waals surface area contributed by atoms with Crippen molar-refractivity contribution in [1.82, 2.24) is 9.97 Å². The summed E-state index contributed by atoms with van der Waals surface area (Å²) >= 11 is 12.6. The van der Waals surface area contributed by atoms with Crippen molar-refractivity contribution in [3.8, 4) is 0 Å². The van der Waals surface area contributed by atoms with Crippen molar-refractivity contribution >= 4 is 49.1 Å². The quantitative estimate of drug-likeness (QED) is 0.812. The molecule has 0 aliphatic rings. The van der Waals surface area contributed by atoms with E-state index < -0.39 is 0 Å². The van der Waals surface area contributed by atoms with E-state index in [0.717, 1.165) is 20.3 Å². The number of anilines is 1. The van der Waals surface area contributed by atoms with E-state index in [1.807, 2.05) is 12.1 Å². The summed E-state index contributed by atoms with van der Waals surface area (Å²) in [6.45, 7) is 0.619. The van der Waals surface area contributed by atoms with Crippen molar-refractivity contribution in [3.63, 3.8) is 0 Å². The molecule has 6 heteroatoms. The molecule has 0 saturated heterocycles. The number of aromatic nitrogens is 2. The van der Waals surface area contributed by atoms with Crippen LogP contribution in [0.5, 0.6) is 0 Å². The number of pyridine rings is 2. The second-order valence-corrected chi connectivity index (χ2v) is 5.46. The molecule has 0 radical (unpaired) electrons. The summed E-state index contributed by atoms with van der Waals surface area (Å²) in [5.41, 5.74) is 1.85. The fraction of sp³-hybridized carbons (Fsp3) is 0.0909. The van der Waals surface area contributed by atoms with Crippen LogP contribution in [0.1, 0.15) is 5.69 Å². The van der Waals surface area contributed by atoms with Crippen LogP contribution in [0.4, 0.5) is 5.69 Å². The van der Waals surface area contributed by atoms with Crippen LogP contribution in [-0.4, -0.2) is 9.97 Å².